The highest BCUT2D eigenvalue weighted by atomic mass is 32.2. The minimum atomic E-state index is -3.92. The molecule has 4 rings (SSSR count). The van der Waals surface area contributed by atoms with E-state index in [0.29, 0.717) is 6.42 Å². The van der Waals surface area contributed by atoms with E-state index in [1.165, 1.54) is 12.1 Å². The van der Waals surface area contributed by atoms with Crippen molar-refractivity contribution in [3.05, 3.63) is 59.7 Å². The first kappa shape index (κ1) is 21.4. The van der Waals surface area contributed by atoms with Crippen molar-refractivity contribution in [1.82, 2.24) is 9.62 Å². The molecule has 0 saturated heterocycles. The van der Waals surface area contributed by atoms with E-state index >= 15 is 0 Å². The van der Waals surface area contributed by atoms with Gasteiger partial charge >= 0.3 is 0 Å². The Labute approximate surface area is 182 Å². The zero-order chi connectivity index (χ0) is 22.2. The maximum atomic E-state index is 12.8. The van der Waals surface area contributed by atoms with Crippen molar-refractivity contribution in [3.8, 4) is 5.75 Å². The number of nitrogens with one attached hydrogen (secondary N) is 1. The predicted molar refractivity (Wildman–Crippen MR) is 115 cm³/mol. The van der Waals surface area contributed by atoms with Gasteiger partial charge in [0.15, 0.2) is 0 Å². The predicted octanol–water partition coefficient (Wildman–Crippen LogP) is 3.42. The highest BCUT2D eigenvalue weighted by Crippen LogP contribution is 2.42. The Morgan fingerprint density at radius 3 is 2.52 bits per heavy atom. The molecule has 31 heavy (non-hydrogen) atoms. The Kier molecular flexibility index (Phi) is 5.51. The first-order chi connectivity index (χ1) is 14.8. The van der Waals surface area contributed by atoms with Gasteiger partial charge in [0.25, 0.3) is 15.9 Å². The van der Waals surface area contributed by atoms with Gasteiger partial charge < -0.3 is 10.1 Å². The Hall–Kier alpha value is -2.87. The number of hydrogen-bond acceptors (Lipinski definition) is 5. The van der Waals surface area contributed by atoms with Gasteiger partial charge in [0.05, 0.1) is 11.6 Å². The average molecular weight is 443 g/mol. The number of carbonyl (C=O) groups is 2. The molecule has 1 N–H and O–H groups in total. The van der Waals surface area contributed by atoms with Crippen LogP contribution in [0, 0.1) is 0 Å². The molecular formula is C23H26N2O5S. The molecule has 1 atom stereocenters. The lowest BCUT2D eigenvalue weighted by atomic mass is 9.83. The van der Waals surface area contributed by atoms with Gasteiger partial charge in [-0.3, -0.25) is 9.59 Å². The van der Waals surface area contributed by atoms with Gasteiger partial charge in [-0.15, -0.1) is 0 Å². The molecule has 2 aromatic carbocycles. The molecule has 2 heterocycles. The molecule has 0 spiro atoms. The zero-order valence-corrected chi connectivity index (χ0v) is 18.4. The maximum Gasteiger partial charge on any atom is 0.269 e. The van der Waals surface area contributed by atoms with Gasteiger partial charge in [-0.1, -0.05) is 44.2 Å². The fourth-order valence-electron chi connectivity index (χ4n) is 4.35. The van der Waals surface area contributed by atoms with E-state index in [1.54, 1.807) is 12.1 Å². The second-order valence-corrected chi connectivity index (χ2v) is 9.81. The molecule has 0 fully saturated rings. The van der Waals surface area contributed by atoms with Gasteiger partial charge in [-0.25, -0.2) is 12.7 Å². The van der Waals surface area contributed by atoms with Crippen LogP contribution in [0.15, 0.2) is 53.4 Å². The lowest BCUT2D eigenvalue weighted by molar-refractivity contribution is -0.122. The smallest absolute Gasteiger partial charge is 0.269 e. The van der Waals surface area contributed by atoms with Crippen molar-refractivity contribution in [2.75, 3.05) is 6.54 Å². The molecule has 0 aromatic heterocycles. The van der Waals surface area contributed by atoms with E-state index in [-0.39, 0.29) is 41.0 Å². The van der Waals surface area contributed by atoms with Crippen LogP contribution in [0.25, 0.3) is 0 Å². The average Bonchev–Trinajstić information content (AvgIpc) is 2.97. The van der Waals surface area contributed by atoms with Crippen LogP contribution in [0.5, 0.6) is 5.75 Å². The molecule has 0 radical (unpaired) electrons. The van der Waals surface area contributed by atoms with E-state index in [1.807, 2.05) is 24.3 Å². The third-order valence-corrected chi connectivity index (χ3v) is 8.12. The van der Waals surface area contributed by atoms with Gasteiger partial charge in [0.1, 0.15) is 16.2 Å². The van der Waals surface area contributed by atoms with Crippen molar-refractivity contribution in [2.24, 2.45) is 0 Å². The molecule has 2 amide bonds. The molecule has 164 valence electrons. The molecular weight excluding hydrogens is 416 g/mol. The highest BCUT2D eigenvalue weighted by Gasteiger charge is 2.42. The quantitative estimate of drug-likeness (QED) is 0.740. The number of amides is 2. The highest BCUT2D eigenvalue weighted by molar-refractivity contribution is 7.90. The zero-order valence-electron chi connectivity index (χ0n) is 17.6. The first-order valence-corrected chi connectivity index (χ1v) is 12.0. The van der Waals surface area contributed by atoms with Gasteiger partial charge in [0.2, 0.25) is 5.91 Å². The minimum absolute atomic E-state index is 0.00515. The second kappa shape index (κ2) is 8.00. The van der Waals surface area contributed by atoms with E-state index in [2.05, 4.69) is 19.2 Å². The third kappa shape index (κ3) is 3.69. The Bertz CT molecular complexity index is 1120. The SMILES string of the molecule is CCC1(CC)C[C@H](NC(=O)CCN2C(=O)c3ccccc3S2(=O)=O)c2ccccc2O1. The number of ether oxygens (including phenoxy) is 1. The van der Waals surface area contributed by atoms with Crippen molar-refractivity contribution in [1.29, 1.82) is 0 Å². The van der Waals surface area contributed by atoms with Gasteiger partial charge in [-0.05, 0) is 31.0 Å². The largest absolute Gasteiger partial charge is 0.487 e. The number of hydrogen-bond donors (Lipinski definition) is 1. The second-order valence-electron chi connectivity index (χ2n) is 7.98. The topological polar surface area (TPSA) is 92.8 Å². The molecule has 0 unspecified atom stereocenters. The normalized spacial score (nSPS) is 20.5. The Morgan fingerprint density at radius 1 is 1.13 bits per heavy atom. The maximum absolute atomic E-state index is 12.8. The van der Waals surface area contributed by atoms with E-state index in [0.717, 1.165) is 28.5 Å². The van der Waals surface area contributed by atoms with Crippen molar-refractivity contribution >= 4 is 21.8 Å². The summed E-state index contributed by atoms with van der Waals surface area (Å²) in [6.45, 7) is 3.94. The molecule has 7 nitrogen and oxygen atoms in total. The summed E-state index contributed by atoms with van der Waals surface area (Å²) in [4.78, 5) is 25.3. The number of sulfonamides is 1. The minimum Gasteiger partial charge on any atom is -0.487 e. The van der Waals surface area contributed by atoms with Crippen LogP contribution in [0.2, 0.25) is 0 Å². The Morgan fingerprint density at radius 2 is 1.81 bits per heavy atom. The van der Waals surface area contributed by atoms with Crippen molar-refractivity contribution in [2.45, 2.75) is 56.1 Å². The van der Waals surface area contributed by atoms with E-state index < -0.39 is 15.9 Å². The van der Waals surface area contributed by atoms with Gasteiger partial charge in [0, 0.05) is 24.9 Å². The van der Waals surface area contributed by atoms with Crippen molar-refractivity contribution < 1.29 is 22.7 Å². The molecule has 2 aliphatic rings. The van der Waals surface area contributed by atoms with Gasteiger partial charge in [-0.2, -0.15) is 0 Å². The summed E-state index contributed by atoms with van der Waals surface area (Å²) in [6, 6.07) is 13.5. The molecule has 8 heteroatoms. The van der Waals surface area contributed by atoms with E-state index in [9.17, 15) is 18.0 Å². The fourth-order valence-corrected chi connectivity index (χ4v) is 5.92. The number of para-hydroxylation sites is 1. The number of benzene rings is 2. The monoisotopic (exact) mass is 442 g/mol. The van der Waals surface area contributed by atoms with Crippen LogP contribution in [-0.4, -0.2) is 36.7 Å². The molecule has 0 saturated carbocycles. The Balaban J connectivity index is 1.48. The summed E-state index contributed by atoms with van der Waals surface area (Å²) in [6.07, 6.45) is 2.14. The van der Waals surface area contributed by atoms with Crippen LogP contribution in [-0.2, 0) is 14.8 Å². The molecule has 2 aromatic rings. The summed E-state index contributed by atoms with van der Waals surface area (Å²) >= 11 is 0. The third-order valence-electron chi connectivity index (χ3n) is 6.27. The van der Waals surface area contributed by atoms with Crippen LogP contribution in [0.1, 0.15) is 61.5 Å². The van der Waals surface area contributed by atoms with Crippen LogP contribution < -0.4 is 10.1 Å². The summed E-state index contributed by atoms with van der Waals surface area (Å²) in [7, 11) is -3.92. The lowest BCUT2D eigenvalue weighted by Crippen LogP contribution is -2.45. The molecule has 0 aliphatic carbocycles. The molecule has 2 aliphatic heterocycles. The van der Waals surface area contributed by atoms with Crippen LogP contribution in [0.4, 0.5) is 0 Å². The number of carbonyl (C=O) groups excluding carboxylic acids is 2. The number of rotatable bonds is 6. The number of fused-ring (bicyclic) bond motifs is 2. The summed E-state index contributed by atoms with van der Waals surface area (Å²) in [5, 5.41) is 3.03. The van der Waals surface area contributed by atoms with Crippen LogP contribution >= 0.6 is 0 Å². The van der Waals surface area contributed by atoms with E-state index in [4.69, 9.17) is 4.74 Å². The van der Waals surface area contributed by atoms with Crippen LogP contribution in [0.3, 0.4) is 0 Å². The number of nitrogens with zero attached hydrogens (tertiary/aromatic N) is 1. The summed E-state index contributed by atoms with van der Waals surface area (Å²) in [5.74, 6) is -0.131. The standard InChI is InChI=1S/C23H26N2O5S/c1-3-23(4-2)15-18(16-9-5-7-11-19(16)30-23)24-21(26)13-14-25-22(27)17-10-6-8-12-20(17)31(25,28)29/h5-12,18H,3-4,13-15H2,1-2H3,(H,24,26)/t18-/m0/s1. The fraction of sp³-hybridized carbons (Fsp3) is 0.391. The lowest BCUT2D eigenvalue weighted by Gasteiger charge is -2.41. The van der Waals surface area contributed by atoms with Crippen molar-refractivity contribution in [3.63, 3.8) is 0 Å². The first-order valence-electron chi connectivity index (χ1n) is 10.5. The summed E-state index contributed by atoms with van der Waals surface area (Å²) < 4.78 is 32.4. The summed E-state index contributed by atoms with van der Waals surface area (Å²) in [5.41, 5.74) is 0.699. The molecule has 0 bridgehead atoms.